The molecule has 0 aliphatic carbocycles. The monoisotopic (exact) mass is 461 g/mol. The Balaban J connectivity index is 1.86. The number of anilines is 1. The van der Waals surface area contributed by atoms with E-state index in [1.807, 2.05) is 17.0 Å². The third-order valence-corrected chi connectivity index (χ3v) is 5.52. The summed E-state index contributed by atoms with van der Waals surface area (Å²) in [6.07, 6.45) is -3.78. The Kier molecular flexibility index (Phi) is 5.41. The van der Waals surface area contributed by atoms with Crippen molar-refractivity contribution in [3.05, 3.63) is 34.1 Å². The Hall–Kier alpha value is -2.14. The number of rotatable bonds is 2. The van der Waals surface area contributed by atoms with Gasteiger partial charge in [-0.3, -0.25) is 4.79 Å². The molecule has 1 aromatic rings. The lowest BCUT2D eigenvalue weighted by Crippen LogP contribution is -2.55. The second kappa shape index (κ2) is 7.36. The highest BCUT2D eigenvalue weighted by Crippen LogP contribution is 2.43. The number of halogens is 4. The predicted molar refractivity (Wildman–Crippen MR) is 100 cm³/mol. The Labute approximate surface area is 167 Å². The van der Waals surface area contributed by atoms with Crippen LogP contribution in [0.25, 0.3) is 0 Å². The predicted octanol–water partition coefficient (Wildman–Crippen LogP) is 1.85. The average Bonchev–Trinajstić information content (AvgIpc) is 2.60. The summed E-state index contributed by atoms with van der Waals surface area (Å²) in [5.41, 5.74) is 7.34. The van der Waals surface area contributed by atoms with Gasteiger partial charge in [0, 0.05) is 35.4 Å². The molecule has 0 bridgehead atoms. The number of nitrogens with zero attached hydrogens (tertiary/aromatic N) is 3. The van der Waals surface area contributed by atoms with Gasteiger partial charge < -0.3 is 21.5 Å². The first-order chi connectivity index (χ1) is 13.0. The number of hydrogen-bond donors (Lipinski definition) is 3. The number of aromatic nitrogens is 1. The van der Waals surface area contributed by atoms with Crippen LogP contribution in [0.4, 0.5) is 19.0 Å². The van der Waals surface area contributed by atoms with Gasteiger partial charge in [-0.25, -0.2) is 4.98 Å². The summed E-state index contributed by atoms with van der Waals surface area (Å²) < 4.78 is 41.5. The van der Waals surface area contributed by atoms with E-state index in [4.69, 9.17) is 11.5 Å². The minimum atomic E-state index is -5.11. The number of carbonyl (C=O) groups excluding carboxylic acids is 1. The van der Waals surface area contributed by atoms with Gasteiger partial charge in [0.1, 0.15) is 11.7 Å². The Bertz CT molecular complexity index is 832. The number of pyridine rings is 1. The normalized spacial score (nSPS) is 26.2. The van der Waals surface area contributed by atoms with Crippen molar-refractivity contribution in [2.45, 2.75) is 31.0 Å². The fourth-order valence-electron chi connectivity index (χ4n) is 3.56. The van der Waals surface area contributed by atoms with Gasteiger partial charge in [0.2, 0.25) is 0 Å². The zero-order valence-electron chi connectivity index (χ0n) is 14.7. The maximum Gasteiger partial charge on any atom is 0.422 e. The molecule has 1 saturated heterocycles. The molecule has 1 unspecified atom stereocenters. The first kappa shape index (κ1) is 20.6. The Morgan fingerprint density at radius 1 is 1.32 bits per heavy atom. The Morgan fingerprint density at radius 3 is 2.50 bits per heavy atom. The SMILES string of the molecule is NC1=NC(=O)CC(O)(C(F)(F)F)C1=C(N)C1CCN(c2ccc(Br)cn2)CC1. The van der Waals surface area contributed by atoms with Gasteiger partial charge >= 0.3 is 6.18 Å². The summed E-state index contributed by atoms with van der Waals surface area (Å²) in [4.78, 5) is 21.2. The molecule has 152 valence electrons. The van der Waals surface area contributed by atoms with Gasteiger partial charge in [0.25, 0.3) is 5.91 Å². The minimum Gasteiger partial charge on any atom is -0.401 e. The summed E-state index contributed by atoms with van der Waals surface area (Å²) in [5, 5.41) is 10.3. The fraction of sp³-hybridized carbons (Fsp3) is 0.471. The molecule has 2 aliphatic rings. The third-order valence-electron chi connectivity index (χ3n) is 5.05. The number of allylic oxidation sites excluding steroid dienone is 1. The Morgan fingerprint density at radius 2 is 1.96 bits per heavy atom. The molecule has 0 aromatic carbocycles. The van der Waals surface area contributed by atoms with Crippen LogP contribution in [0.3, 0.4) is 0 Å². The van der Waals surface area contributed by atoms with Crippen molar-refractivity contribution in [2.24, 2.45) is 22.4 Å². The molecule has 7 nitrogen and oxygen atoms in total. The van der Waals surface area contributed by atoms with E-state index in [9.17, 15) is 23.1 Å². The van der Waals surface area contributed by atoms with Crippen molar-refractivity contribution in [1.82, 2.24) is 4.98 Å². The number of carbonyl (C=O) groups is 1. The molecule has 0 radical (unpaired) electrons. The van der Waals surface area contributed by atoms with Crippen molar-refractivity contribution < 1.29 is 23.1 Å². The molecule has 5 N–H and O–H groups in total. The van der Waals surface area contributed by atoms with Crippen molar-refractivity contribution in [1.29, 1.82) is 0 Å². The van der Waals surface area contributed by atoms with E-state index in [0.29, 0.717) is 25.9 Å². The third kappa shape index (κ3) is 3.72. The first-order valence-electron chi connectivity index (χ1n) is 8.56. The highest BCUT2D eigenvalue weighted by molar-refractivity contribution is 9.10. The van der Waals surface area contributed by atoms with Crippen molar-refractivity contribution in [3.63, 3.8) is 0 Å². The molecule has 3 rings (SSSR count). The molecule has 2 aliphatic heterocycles. The van der Waals surface area contributed by atoms with Crippen LogP contribution in [0.1, 0.15) is 19.3 Å². The molecule has 0 saturated carbocycles. The molecule has 28 heavy (non-hydrogen) atoms. The largest absolute Gasteiger partial charge is 0.422 e. The number of aliphatic imine (C=N–C) groups is 1. The lowest BCUT2D eigenvalue weighted by atomic mass is 9.80. The number of amidine groups is 1. The van der Waals surface area contributed by atoms with Crippen LogP contribution in [-0.4, -0.2) is 46.7 Å². The smallest absolute Gasteiger partial charge is 0.401 e. The highest BCUT2D eigenvalue weighted by Gasteiger charge is 2.60. The highest BCUT2D eigenvalue weighted by atomic mass is 79.9. The topological polar surface area (TPSA) is 118 Å². The number of nitrogens with two attached hydrogens (primary N) is 2. The summed E-state index contributed by atoms with van der Waals surface area (Å²) in [7, 11) is 0. The molecule has 1 aromatic heterocycles. The van der Waals surface area contributed by atoms with Gasteiger partial charge in [-0.15, -0.1) is 0 Å². The zero-order valence-corrected chi connectivity index (χ0v) is 16.3. The van der Waals surface area contributed by atoms with Crippen LogP contribution in [0.15, 0.2) is 39.1 Å². The molecule has 3 heterocycles. The molecule has 1 fully saturated rings. The van der Waals surface area contributed by atoms with Crippen molar-refractivity contribution in [3.8, 4) is 0 Å². The average molecular weight is 462 g/mol. The lowest BCUT2D eigenvalue weighted by Gasteiger charge is -2.38. The number of aliphatic hydroxyl groups is 1. The molecule has 1 amide bonds. The summed E-state index contributed by atoms with van der Waals surface area (Å²) in [5.74, 6) is -1.49. The molecular formula is C17H19BrF3N5O2. The van der Waals surface area contributed by atoms with Gasteiger partial charge in [-0.2, -0.15) is 18.2 Å². The van der Waals surface area contributed by atoms with E-state index in [1.54, 1.807) is 6.20 Å². The molecule has 1 atom stereocenters. The van der Waals surface area contributed by atoms with Crippen molar-refractivity contribution in [2.75, 3.05) is 18.0 Å². The van der Waals surface area contributed by atoms with E-state index in [0.717, 1.165) is 10.3 Å². The van der Waals surface area contributed by atoms with Gasteiger partial charge in [0.15, 0.2) is 5.60 Å². The number of hydrogen-bond acceptors (Lipinski definition) is 6. The molecule has 0 spiro atoms. The zero-order chi connectivity index (χ0) is 20.7. The fourth-order valence-corrected chi connectivity index (χ4v) is 3.79. The minimum absolute atomic E-state index is 0.169. The lowest BCUT2D eigenvalue weighted by molar-refractivity contribution is -0.244. The summed E-state index contributed by atoms with van der Waals surface area (Å²) in [6, 6.07) is 3.69. The van der Waals surface area contributed by atoms with E-state index in [-0.39, 0.29) is 5.70 Å². The van der Waals surface area contributed by atoms with Gasteiger partial charge in [-0.05, 0) is 40.9 Å². The van der Waals surface area contributed by atoms with Crippen LogP contribution >= 0.6 is 15.9 Å². The quantitative estimate of drug-likeness (QED) is 0.618. The van der Waals surface area contributed by atoms with Gasteiger partial charge in [0.05, 0.1) is 12.0 Å². The first-order valence-corrected chi connectivity index (χ1v) is 9.35. The molecule has 11 heteroatoms. The summed E-state index contributed by atoms with van der Waals surface area (Å²) in [6.45, 7) is 1.04. The number of amides is 1. The maximum atomic E-state index is 13.5. The van der Waals surface area contributed by atoms with E-state index in [2.05, 4.69) is 25.9 Å². The molecular weight excluding hydrogens is 443 g/mol. The van der Waals surface area contributed by atoms with E-state index < -0.39 is 41.4 Å². The maximum absolute atomic E-state index is 13.5. The summed E-state index contributed by atoms with van der Waals surface area (Å²) >= 11 is 3.31. The van der Waals surface area contributed by atoms with Crippen LogP contribution in [0.2, 0.25) is 0 Å². The van der Waals surface area contributed by atoms with E-state index in [1.165, 1.54) is 0 Å². The van der Waals surface area contributed by atoms with Crippen LogP contribution in [0, 0.1) is 5.92 Å². The van der Waals surface area contributed by atoms with Crippen LogP contribution in [0.5, 0.6) is 0 Å². The van der Waals surface area contributed by atoms with Crippen LogP contribution in [-0.2, 0) is 4.79 Å². The number of alkyl halides is 3. The van der Waals surface area contributed by atoms with E-state index >= 15 is 0 Å². The van der Waals surface area contributed by atoms with Gasteiger partial charge in [-0.1, -0.05) is 0 Å². The second-order valence-electron chi connectivity index (χ2n) is 6.85. The number of piperidine rings is 1. The second-order valence-corrected chi connectivity index (χ2v) is 7.77. The standard InChI is InChI=1S/C17H19BrF3N5O2/c18-10-1-2-11(24-8-10)26-5-3-9(4-6-26)14(22)13-15(23)25-12(27)7-16(13,28)17(19,20)21/h1-2,8-9,28H,3-7,22H2,(H2,23,25,27). The van der Waals surface area contributed by atoms with Crippen LogP contribution < -0.4 is 16.4 Å². The van der Waals surface area contributed by atoms with Crippen molar-refractivity contribution >= 4 is 33.5 Å².